The molecule has 0 unspecified atom stereocenters. The Labute approximate surface area is 113 Å². The van der Waals surface area contributed by atoms with Crippen LogP contribution >= 0.6 is 11.6 Å². The molecule has 0 fully saturated rings. The number of benzene rings is 1. The second kappa shape index (κ2) is 4.81. The molecular formula is C13H10ClF3N2. The first-order valence-electron chi connectivity index (χ1n) is 5.48. The van der Waals surface area contributed by atoms with Gasteiger partial charge in [0.1, 0.15) is 5.15 Å². The van der Waals surface area contributed by atoms with Crippen molar-refractivity contribution in [2.45, 2.75) is 20.0 Å². The van der Waals surface area contributed by atoms with Crippen LogP contribution in [0.5, 0.6) is 0 Å². The van der Waals surface area contributed by atoms with Crippen molar-refractivity contribution in [2.24, 2.45) is 0 Å². The Morgan fingerprint density at radius 2 is 1.68 bits per heavy atom. The summed E-state index contributed by atoms with van der Waals surface area (Å²) in [5, 5.41) is 0.166. The molecule has 0 atom stereocenters. The van der Waals surface area contributed by atoms with Gasteiger partial charge in [-0.15, -0.1) is 0 Å². The van der Waals surface area contributed by atoms with E-state index < -0.39 is 11.7 Å². The zero-order valence-electron chi connectivity index (χ0n) is 10.2. The number of halogens is 4. The lowest BCUT2D eigenvalue weighted by molar-refractivity contribution is -0.137. The SMILES string of the molecule is Cc1nc(-c2ccccc2C(F)(F)F)nc(Cl)c1C. The highest BCUT2D eigenvalue weighted by molar-refractivity contribution is 6.30. The zero-order valence-corrected chi connectivity index (χ0v) is 11.0. The fourth-order valence-corrected chi connectivity index (χ4v) is 1.86. The molecule has 0 radical (unpaired) electrons. The number of rotatable bonds is 1. The first-order chi connectivity index (χ1) is 8.80. The van der Waals surface area contributed by atoms with Crippen molar-refractivity contribution in [3.8, 4) is 11.4 Å². The minimum Gasteiger partial charge on any atom is -0.233 e. The molecule has 1 heterocycles. The molecular weight excluding hydrogens is 277 g/mol. The number of aryl methyl sites for hydroxylation is 1. The van der Waals surface area contributed by atoms with Crippen LogP contribution in [0.15, 0.2) is 24.3 Å². The lowest BCUT2D eigenvalue weighted by Crippen LogP contribution is -2.08. The number of hydrogen-bond acceptors (Lipinski definition) is 2. The van der Waals surface area contributed by atoms with E-state index in [-0.39, 0.29) is 16.5 Å². The van der Waals surface area contributed by atoms with E-state index in [1.807, 2.05) is 0 Å². The minimum absolute atomic E-state index is 0.0129. The van der Waals surface area contributed by atoms with Gasteiger partial charge in [-0.3, -0.25) is 0 Å². The highest BCUT2D eigenvalue weighted by Crippen LogP contribution is 2.36. The van der Waals surface area contributed by atoms with Crippen molar-refractivity contribution in [1.82, 2.24) is 9.97 Å². The Bertz CT molecular complexity index is 601. The molecule has 0 saturated carbocycles. The van der Waals surface area contributed by atoms with Crippen molar-refractivity contribution < 1.29 is 13.2 Å². The van der Waals surface area contributed by atoms with E-state index in [4.69, 9.17) is 11.6 Å². The number of nitrogens with zero attached hydrogens (tertiary/aromatic N) is 2. The molecule has 0 aliphatic heterocycles. The second-order valence-electron chi connectivity index (χ2n) is 4.09. The normalized spacial score (nSPS) is 11.7. The molecule has 1 aromatic heterocycles. The summed E-state index contributed by atoms with van der Waals surface area (Å²) in [6, 6.07) is 5.18. The van der Waals surface area contributed by atoms with Crippen LogP contribution in [0.4, 0.5) is 13.2 Å². The molecule has 1 aromatic carbocycles. The fraction of sp³-hybridized carbons (Fsp3) is 0.231. The van der Waals surface area contributed by atoms with E-state index >= 15 is 0 Å². The fourth-order valence-electron chi connectivity index (χ4n) is 1.64. The van der Waals surface area contributed by atoms with Crippen molar-refractivity contribution in [1.29, 1.82) is 0 Å². The van der Waals surface area contributed by atoms with Gasteiger partial charge in [-0.2, -0.15) is 13.2 Å². The van der Waals surface area contributed by atoms with E-state index in [2.05, 4.69) is 9.97 Å². The Morgan fingerprint density at radius 3 is 2.26 bits per heavy atom. The standard InChI is InChI=1S/C13H10ClF3N2/c1-7-8(2)18-12(19-11(7)14)9-5-3-4-6-10(9)13(15,16)17/h3-6H,1-2H3. The summed E-state index contributed by atoms with van der Waals surface area (Å²) < 4.78 is 38.8. The second-order valence-corrected chi connectivity index (χ2v) is 4.45. The van der Waals surface area contributed by atoms with Gasteiger partial charge in [-0.1, -0.05) is 29.8 Å². The molecule has 0 amide bonds. The largest absolute Gasteiger partial charge is 0.417 e. The maximum absolute atomic E-state index is 12.9. The number of alkyl halides is 3. The van der Waals surface area contributed by atoms with Gasteiger partial charge in [-0.25, -0.2) is 9.97 Å². The van der Waals surface area contributed by atoms with Crippen LogP contribution in [-0.4, -0.2) is 9.97 Å². The van der Waals surface area contributed by atoms with Crippen LogP contribution in [-0.2, 0) is 6.18 Å². The van der Waals surface area contributed by atoms with Gasteiger partial charge in [0.05, 0.1) is 5.56 Å². The predicted molar refractivity (Wildman–Crippen MR) is 67.0 cm³/mol. The molecule has 2 aromatic rings. The Morgan fingerprint density at radius 1 is 1.05 bits per heavy atom. The third-order valence-electron chi connectivity index (χ3n) is 2.80. The monoisotopic (exact) mass is 286 g/mol. The molecule has 0 aliphatic carbocycles. The van der Waals surface area contributed by atoms with Crippen LogP contribution in [0.2, 0.25) is 5.15 Å². The van der Waals surface area contributed by atoms with Crippen molar-refractivity contribution >= 4 is 11.6 Å². The molecule has 0 N–H and O–H groups in total. The molecule has 2 nitrogen and oxygen atoms in total. The Kier molecular flexibility index (Phi) is 3.49. The van der Waals surface area contributed by atoms with Crippen LogP contribution in [0, 0.1) is 13.8 Å². The zero-order chi connectivity index (χ0) is 14.2. The lowest BCUT2D eigenvalue weighted by Gasteiger charge is -2.12. The van der Waals surface area contributed by atoms with Gasteiger partial charge in [0.25, 0.3) is 0 Å². The summed E-state index contributed by atoms with van der Waals surface area (Å²) in [7, 11) is 0. The van der Waals surface area contributed by atoms with Gasteiger partial charge in [0, 0.05) is 16.8 Å². The average Bonchev–Trinajstić information content (AvgIpc) is 2.34. The first kappa shape index (κ1) is 13.8. The van der Waals surface area contributed by atoms with E-state index in [0.717, 1.165) is 6.07 Å². The molecule has 19 heavy (non-hydrogen) atoms. The summed E-state index contributed by atoms with van der Waals surface area (Å²) in [5.41, 5.74) is 0.385. The third kappa shape index (κ3) is 2.71. The topological polar surface area (TPSA) is 25.8 Å². The maximum Gasteiger partial charge on any atom is 0.417 e. The van der Waals surface area contributed by atoms with Gasteiger partial charge >= 0.3 is 6.18 Å². The van der Waals surface area contributed by atoms with Crippen molar-refractivity contribution in [2.75, 3.05) is 0 Å². The van der Waals surface area contributed by atoms with Crippen LogP contribution in [0.1, 0.15) is 16.8 Å². The summed E-state index contributed by atoms with van der Waals surface area (Å²) in [4.78, 5) is 8.01. The molecule has 6 heteroatoms. The first-order valence-corrected chi connectivity index (χ1v) is 5.86. The molecule has 0 saturated heterocycles. The van der Waals surface area contributed by atoms with Crippen LogP contribution < -0.4 is 0 Å². The molecule has 0 spiro atoms. The smallest absolute Gasteiger partial charge is 0.233 e. The van der Waals surface area contributed by atoms with Gasteiger partial charge in [0.2, 0.25) is 0 Å². The summed E-state index contributed by atoms with van der Waals surface area (Å²) in [5.74, 6) is -0.0129. The van der Waals surface area contributed by atoms with Gasteiger partial charge in [-0.05, 0) is 19.9 Å². The van der Waals surface area contributed by atoms with E-state index in [9.17, 15) is 13.2 Å². The summed E-state index contributed by atoms with van der Waals surface area (Å²) in [6.07, 6.45) is -4.45. The van der Waals surface area contributed by atoms with E-state index in [1.54, 1.807) is 13.8 Å². The Balaban J connectivity index is 2.67. The minimum atomic E-state index is -4.45. The Hall–Kier alpha value is -1.62. The van der Waals surface area contributed by atoms with E-state index in [1.165, 1.54) is 18.2 Å². The lowest BCUT2D eigenvalue weighted by atomic mass is 10.1. The van der Waals surface area contributed by atoms with Crippen molar-refractivity contribution in [3.05, 3.63) is 46.2 Å². The predicted octanol–water partition coefficient (Wildman–Crippen LogP) is 4.43. The van der Waals surface area contributed by atoms with Crippen molar-refractivity contribution in [3.63, 3.8) is 0 Å². The molecule has 2 rings (SSSR count). The number of hydrogen-bond donors (Lipinski definition) is 0. The molecule has 0 bridgehead atoms. The maximum atomic E-state index is 12.9. The molecule has 100 valence electrons. The highest BCUT2D eigenvalue weighted by Gasteiger charge is 2.34. The van der Waals surface area contributed by atoms with Gasteiger partial charge in [0.15, 0.2) is 5.82 Å². The third-order valence-corrected chi connectivity index (χ3v) is 3.17. The van der Waals surface area contributed by atoms with Crippen LogP contribution in [0.25, 0.3) is 11.4 Å². The molecule has 0 aliphatic rings. The average molecular weight is 287 g/mol. The van der Waals surface area contributed by atoms with Crippen LogP contribution in [0.3, 0.4) is 0 Å². The summed E-state index contributed by atoms with van der Waals surface area (Å²) in [6.45, 7) is 3.40. The quantitative estimate of drug-likeness (QED) is 0.725. The summed E-state index contributed by atoms with van der Waals surface area (Å²) >= 11 is 5.90. The number of aromatic nitrogens is 2. The van der Waals surface area contributed by atoms with Gasteiger partial charge < -0.3 is 0 Å². The van der Waals surface area contributed by atoms with E-state index in [0.29, 0.717) is 11.3 Å². The highest BCUT2D eigenvalue weighted by atomic mass is 35.5.